The molecule has 1 aliphatic carbocycles. The molecule has 176 valence electrons. The Bertz CT molecular complexity index is 1280. The molecule has 0 radical (unpaired) electrons. The van der Waals surface area contributed by atoms with Crippen LogP contribution in [0.25, 0.3) is 0 Å². The van der Waals surface area contributed by atoms with Gasteiger partial charge in [-0.2, -0.15) is 0 Å². The number of halogens is 1. The second kappa shape index (κ2) is 9.87. The summed E-state index contributed by atoms with van der Waals surface area (Å²) in [6, 6.07) is 18.9. The molecule has 1 amide bonds. The maximum atomic E-state index is 13.2. The van der Waals surface area contributed by atoms with E-state index in [4.69, 9.17) is 0 Å². The highest BCUT2D eigenvalue weighted by Crippen LogP contribution is 2.30. The molecule has 3 aromatic carbocycles. The number of nitrogens with one attached hydrogen (secondary N) is 1. The number of nitrogens with zero attached hydrogens (tertiary/aromatic N) is 1. The largest absolute Gasteiger partial charge is 0.331 e. The SMILES string of the molecule is CC(=O)c1ccc(S(=O)(=O)NCc2ccc(C(=O)N(Cc3ccc(F)cc3)C3CC3)cc2)cc1. The first-order chi connectivity index (χ1) is 16.2. The molecule has 1 saturated carbocycles. The van der Waals surface area contributed by atoms with E-state index in [2.05, 4.69) is 4.72 Å². The van der Waals surface area contributed by atoms with Crippen molar-refractivity contribution in [1.29, 1.82) is 0 Å². The Kier molecular flexibility index (Phi) is 6.90. The fourth-order valence-electron chi connectivity index (χ4n) is 3.60. The Labute approximate surface area is 198 Å². The summed E-state index contributed by atoms with van der Waals surface area (Å²) in [4.78, 5) is 26.4. The summed E-state index contributed by atoms with van der Waals surface area (Å²) in [6.45, 7) is 1.89. The summed E-state index contributed by atoms with van der Waals surface area (Å²) in [7, 11) is -3.74. The fraction of sp³-hybridized carbons (Fsp3) is 0.231. The van der Waals surface area contributed by atoms with Gasteiger partial charge in [0.05, 0.1) is 4.90 Å². The zero-order valence-corrected chi connectivity index (χ0v) is 19.5. The molecule has 0 spiro atoms. The Morgan fingerprint density at radius 3 is 2.00 bits per heavy atom. The highest BCUT2D eigenvalue weighted by molar-refractivity contribution is 7.89. The predicted octanol–water partition coefficient (Wildman–Crippen LogP) is 4.31. The van der Waals surface area contributed by atoms with E-state index in [-0.39, 0.29) is 35.0 Å². The third kappa shape index (κ3) is 5.76. The molecule has 6 nitrogen and oxygen atoms in total. The molecule has 0 aliphatic heterocycles. The van der Waals surface area contributed by atoms with E-state index in [9.17, 15) is 22.4 Å². The zero-order valence-electron chi connectivity index (χ0n) is 18.7. The number of benzene rings is 3. The van der Waals surface area contributed by atoms with Crippen molar-refractivity contribution >= 4 is 21.7 Å². The van der Waals surface area contributed by atoms with E-state index in [1.54, 1.807) is 41.3 Å². The Morgan fingerprint density at radius 1 is 0.882 bits per heavy atom. The number of hydrogen-bond acceptors (Lipinski definition) is 4. The molecule has 0 saturated heterocycles. The molecule has 0 atom stereocenters. The van der Waals surface area contributed by atoms with Crippen molar-refractivity contribution in [3.8, 4) is 0 Å². The summed E-state index contributed by atoms with van der Waals surface area (Å²) in [5, 5.41) is 0. The molecular formula is C26H25FN2O4S. The summed E-state index contributed by atoms with van der Waals surface area (Å²) in [5.74, 6) is -0.554. The molecule has 4 rings (SSSR count). The quantitative estimate of drug-likeness (QED) is 0.463. The van der Waals surface area contributed by atoms with Crippen LogP contribution in [0.15, 0.2) is 77.7 Å². The first kappa shape index (κ1) is 23.8. The van der Waals surface area contributed by atoms with Crippen molar-refractivity contribution in [3.05, 3.63) is 101 Å². The lowest BCUT2D eigenvalue weighted by Crippen LogP contribution is -2.32. The number of rotatable bonds is 9. The fourth-order valence-corrected chi connectivity index (χ4v) is 4.62. The van der Waals surface area contributed by atoms with Crippen molar-refractivity contribution < 1.29 is 22.4 Å². The number of carbonyl (C=O) groups is 2. The highest BCUT2D eigenvalue weighted by atomic mass is 32.2. The third-order valence-electron chi connectivity index (χ3n) is 5.75. The summed E-state index contributed by atoms with van der Waals surface area (Å²) in [6.07, 6.45) is 1.89. The van der Waals surface area contributed by atoms with Crippen LogP contribution in [0.3, 0.4) is 0 Å². The lowest BCUT2D eigenvalue weighted by atomic mass is 10.1. The molecule has 1 aliphatic rings. The van der Waals surface area contributed by atoms with Gasteiger partial charge in [0.15, 0.2) is 5.78 Å². The second-order valence-corrected chi connectivity index (χ2v) is 10.2. The van der Waals surface area contributed by atoms with E-state index in [0.29, 0.717) is 23.2 Å². The van der Waals surface area contributed by atoms with E-state index in [1.807, 2.05) is 0 Å². The molecule has 1 N–H and O–H groups in total. The molecule has 8 heteroatoms. The van der Waals surface area contributed by atoms with E-state index in [1.165, 1.54) is 43.3 Å². The van der Waals surface area contributed by atoms with Gasteiger partial charge in [-0.05, 0) is 67.3 Å². The molecule has 1 fully saturated rings. The highest BCUT2D eigenvalue weighted by Gasteiger charge is 2.33. The Morgan fingerprint density at radius 2 is 1.44 bits per heavy atom. The molecule has 3 aromatic rings. The van der Waals surface area contributed by atoms with E-state index < -0.39 is 10.0 Å². The molecule has 0 aromatic heterocycles. The lowest BCUT2D eigenvalue weighted by molar-refractivity contribution is 0.0729. The van der Waals surface area contributed by atoms with Gasteiger partial charge in [-0.15, -0.1) is 0 Å². The van der Waals surface area contributed by atoms with Crippen molar-refractivity contribution in [2.45, 2.75) is 43.8 Å². The van der Waals surface area contributed by atoms with E-state index >= 15 is 0 Å². The maximum absolute atomic E-state index is 13.2. The van der Waals surface area contributed by atoms with Crippen molar-refractivity contribution in [3.63, 3.8) is 0 Å². The van der Waals surface area contributed by atoms with Gasteiger partial charge in [0.2, 0.25) is 10.0 Å². The van der Waals surface area contributed by atoms with Gasteiger partial charge >= 0.3 is 0 Å². The van der Waals surface area contributed by atoms with Gasteiger partial charge in [-0.3, -0.25) is 9.59 Å². The van der Waals surface area contributed by atoms with Crippen LogP contribution < -0.4 is 4.72 Å². The minimum atomic E-state index is -3.74. The standard InChI is InChI=1S/C26H25FN2O4S/c1-18(30)21-8-14-25(15-9-21)34(32,33)28-16-19-2-6-22(7-3-19)26(31)29(24-12-13-24)17-20-4-10-23(27)11-5-20/h2-11,14-15,24,28H,12-13,16-17H2,1H3. The molecular weight excluding hydrogens is 455 g/mol. The summed E-state index contributed by atoms with van der Waals surface area (Å²) >= 11 is 0. The van der Waals surface area contributed by atoms with Gasteiger partial charge in [0, 0.05) is 30.3 Å². The van der Waals surface area contributed by atoms with E-state index in [0.717, 1.165) is 18.4 Å². The van der Waals surface area contributed by atoms with Gasteiger partial charge in [-0.25, -0.2) is 17.5 Å². The number of carbonyl (C=O) groups excluding carboxylic acids is 2. The normalized spacial score (nSPS) is 13.5. The van der Waals surface area contributed by atoms with Crippen LogP contribution in [-0.2, 0) is 23.1 Å². The van der Waals surface area contributed by atoms with Gasteiger partial charge < -0.3 is 4.90 Å². The molecule has 0 bridgehead atoms. The smallest absolute Gasteiger partial charge is 0.254 e. The Balaban J connectivity index is 1.40. The lowest BCUT2D eigenvalue weighted by Gasteiger charge is -2.23. The second-order valence-electron chi connectivity index (χ2n) is 8.39. The van der Waals surface area contributed by atoms with Gasteiger partial charge in [0.1, 0.15) is 5.82 Å². The zero-order chi connectivity index (χ0) is 24.3. The van der Waals surface area contributed by atoms with Crippen LogP contribution in [0.4, 0.5) is 4.39 Å². The maximum Gasteiger partial charge on any atom is 0.254 e. The van der Waals surface area contributed by atoms with Gasteiger partial charge in [0.25, 0.3) is 5.91 Å². The van der Waals surface area contributed by atoms with Crippen molar-refractivity contribution in [2.75, 3.05) is 0 Å². The van der Waals surface area contributed by atoms with Crippen LogP contribution in [0.5, 0.6) is 0 Å². The molecule has 34 heavy (non-hydrogen) atoms. The topological polar surface area (TPSA) is 83.5 Å². The minimum Gasteiger partial charge on any atom is -0.331 e. The van der Waals surface area contributed by atoms with Crippen LogP contribution in [0, 0.1) is 5.82 Å². The monoisotopic (exact) mass is 480 g/mol. The van der Waals surface area contributed by atoms with Crippen molar-refractivity contribution in [2.24, 2.45) is 0 Å². The number of sulfonamides is 1. The van der Waals surface area contributed by atoms with Crippen LogP contribution >= 0.6 is 0 Å². The number of hydrogen-bond donors (Lipinski definition) is 1. The van der Waals surface area contributed by atoms with Crippen molar-refractivity contribution in [1.82, 2.24) is 9.62 Å². The van der Waals surface area contributed by atoms with Gasteiger partial charge in [-0.1, -0.05) is 36.4 Å². The third-order valence-corrected chi connectivity index (χ3v) is 7.17. The first-order valence-corrected chi connectivity index (χ1v) is 12.5. The van der Waals surface area contributed by atoms with Crippen LogP contribution in [-0.4, -0.2) is 31.0 Å². The molecule has 0 unspecified atom stereocenters. The number of Topliss-reactive ketones (excluding diaryl/α,β-unsaturated/α-hetero) is 1. The average Bonchev–Trinajstić information content (AvgIpc) is 3.68. The summed E-state index contributed by atoms with van der Waals surface area (Å²) < 4.78 is 40.8. The number of ketones is 1. The van der Waals surface area contributed by atoms with Crippen LogP contribution in [0.2, 0.25) is 0 Å². The number of amides is 1. The van der Waals surface area contributed by atoms with Crippen LogP contribution in [0.1, 0.15) is 51.6 Å². The Hall–Kier alpha value is -3.36. The first-order valence-electron chi connectivity index (χ1n) is 11.0. The predicted molar refractivity (Wildman–Crippen MR) is 126 cm³/mol. The molecule has 0 heterocycles. The minimum absolute atomic E-state index is 0.0627. The average molecular weight is 481 g/mol. The summed E-state index contributed by atoms with van der Waals surface area (Å²) in [5.41, 5.74) is 2.53.